The fourth-order valence-electron chi connectivity index (χ4n) is 2.90. The van der Waals surface area contributed by atoms with Gasteiger partial charge in [0.25, 0.3) is 10.0 Å². The van der Waals surface area contributed by atoms with Crippen molar-refractivity contribution < 1.29 is 17.9 Å². The molecule has 1 amide bonds. The lowest BCUT2D eigenvalue weighted by Crippen LogP contribution is -2.44. The highest BCUT2D eigenvalue weighted by atomic mass is 32.2. The van der Waals surface area contributed by atoms with Gasteiger partial charge in [-0.05, 0) is 58.0 Å². The number of aryl methyl sites for hydroxylation is 1. The summed E-state index contributed by atoms with van der Waals surface area (Å²) in [6.07, 6.45) is 0.930. The first-order valence-electron chi connectivity index (χ1n) is 9.17. The van der Waals surface area contributed by atoms with E-state index in [1.54, 1.807) is 76.3 Å². The number of carbonyl (C=O) groups is 1. The van der Waals surface area contributed by atoms with Crippen molar-refractivity contribution in [2.75, 3.05) is 12.1 Å². The number of amides is 1. The molecule has 2 aromatic carbocycles. The van der Waals surface area contributed by atoms with Crippen LogP contribution in [-0.2, 0) is 14.8 Å². The van der Waals surface area contributed by atoms with Gasteiger partial charge < -0.3 is 4.74 Å². The van der Waals surface area contributed by atoms with Crippen molar-refractivity contribution in [2.24, 2.45) is 0 Å². The fraction of sp³-hybridized carbons (Fsp3) is 0.286. The Kier molecular flexibility index (Phi) is 5.42. The molecule has 7 nitrogen and oxygen atoms in total. The summed E-state index contributed by atoms with van der Waals surface area (Å²) in [5.41, 5.74) is 4.04. The lowest BCUT2D eigenvalue weighted by atomic mass is 10.2. The van der Waals surface area contributed by atoms with Crippen LogP contribution in [0.1, 0.15) is 26.3 Å². The Balaban J connectivity index is 2.06. The Labute approximate surface area is 170 Å². The van der Waals surface area contributed by atoms with Crippen molar-refractivity contribution in [3.05, 3.63) is 60.3 Å². The monoisotopic (exact) mass is 415 g/mol. The number of fused-ring (bicyclic) bond motifs is 1. The third kappa shape index (κ3) is 4.28. The Morgan fingerprint density at radius 3 is 2.31 bits per heavy atom. The van der Waals surface area contributed by atoms with Gasteiger partial charge in [0.05, 0.1) is 16.1 Å². The Hall–Kier alpha value is -2.84. The summed E-state index contributed by atoms with van der Waals surface area (Å²) >= 11 is 0. The van der Waals surface area contributed by atoms with Gasteiger partial charge in [0.2, 0.25) is 0 Å². The van der Waals surface area contributed by atoms with E-state index in [1.807, 2.05) is 6.92 Å². The standard InChI is InChI=1S/C21H25N3O4S/c1-15-6-10-18(11-7-15)29(26,27)23-13-12-16-8-9-17(14-19(16)23)24(22-5)20(25)28-21(2,3)4/h6-14,22H,1-5H3. The minimum Gasteiger partial charge on any atom is -0.442 e. The molecule has 8 heteroatoms. The first-order chi connectivity index (χ1) is 13.5. The van der Waals surface area contributed by atoms with E-state index >= 15 is 0 Å². The van der Waals surface area contributed by atoms with Crippen LogP contribution in [0.2, 0.25) is 0 Å². The molecular formula is C21H25N3O4S. The number of rotatable bonds is 4. The van der Waals surface area contributed by atoms with E-state index in [9.17, 15) is 13.2 Å². The molecule has 1 N–H and O–H groups in total. The van der Waals surface area contributed by atoms with Crippen molar-refractivity contribution in [2.45, 2.75) is 38.2 Å². The molecule has 0 aliphatic rings. The predicted molar refractivity (Wildman–Crippen MR) is 113 cm³/mol. The molecule has 1 heterocycles. The van der Waals surface area contributed by atoms with Gasteiger partial charge in [0.1, 0.15) is 5.60 Å². The number of aromatic nitrogens is 1. The SMILES string of the molecule is CNN(C(=O)OC(C)(C)C)c1ccc2ccn(S(=O)(=O)c3ccc(C)cc3)c2c1. The Bertz CT molecular complexity index is 1140. The smallest absolute Gasteiger partial charge is 0.429 e. The van der Waals surface area contributed by atoms with Crippen molar-refractivity contribution in [1.82, 2.24) is 9.40 Å². The quantitative estimate of drug-likeness (QED) is 0.650. The molecule has 0 spiro atoms. The van der Waals surface area contributed by atoms with Gasteiger partial charge in [-0.3, -0.25) is 0 Å². The number of nitrogens with zero attached hydrogens (tertiary/aromatic N) is 2. The van der Waals surface area contributed by atoms with E-state index < -0.39 is 21.7 Å². The zero-order valence-corrected chi connectivity index (χ0v) is 17.9. The van der Waals surface area contributed by atoms with Crippen molar-refractivity contribution in [3.63, 3.8) is 0 Å². The molecule has 0 aliphatic carbocycles. The molecule has 3 rings (SSSR count). The highest BCUT2D eigenvalue weighted by Crippen LogP contribution is 2.27. The molecule has 29 heavy (non-hydrogen) atoms. The molecule has 0 unspecified atom stereocenters. The predicted octanol–water partition coefficient (Wildman–Crippen LogP) is 4.06. The summed E-state index contributed by atoms with van der Waals surface area (Å²) in [6, 6.07) is 13.5. The molecular weight excluding hydrogens is 390 g/mol. The van der Waals surface area contributed by atoms with E-state index in [-0.39, 0.29) is 4.90 Å². The van der Waals surface area contributed by atoms with Crippen LogP contribution in [0, 0.1) is 6.92 Å². The molecule has 0 bridgehead atoms. The van der Waals surface area contributed by atoms with Crippen molar-refractivity contribution in [3.8, 4) is 0 Å². The average molecular weight is 416 g/mol. The zero-order valence-electron chi connectivity index (χ0n) is 17.1. The molecule has 1 aromatic heterocycles. The number of carbonyl (C=O) groups excluding carboxylic acids is 1. The lowest BCUT2D eigenvalue weighted by molar-refractivity contribution is 0.0565. The summed E-state index contributed by atoms with van der Waals surface area (Å²) in [4.78, 5) is 12.7. The summed E-state index contributed by atoms with van der Waals surface area (Å²) in [5, 5.41) is 1.98. The average Bonchev–Trinajstić information content (AvgIpc) is 3.05. The van der Waals surface area contributed by atoms with Gasteiger partial charge in [0, 0.05) is 18.6 Å². The summed E-state index contributed by atoms with van der Waals surface area (Å²) in [5.74, 6) is 0. The lowest BCUT2D eigenvalue weighted by Gasteiger charge is -2.26. The second-order valence-electron chi connectivity index (χ2n) is 7.71. The number of ether oxygens (including phenoxy) is 1. The first-order valence-corrected chi connectivity index (χ1v) is 10.6. The fourth-order valence-corrected chi connectivity index (χ4v) is 4.24. The van der Waals surface area contributed by atoms with Crippen LogP contribution < -0.4 is 10.4 Å². The summed E-state index contributed by atoms with van der Waals surface area (Å²) < 4.78 is 32.9. The Morgan fingerprint density at radius 1 is 1.07 bits per heavy atom. The van der Waals surface area contributed by atoms with Crippen LogP contribution in [0.25, 0.3) is 10.9 Å². The van der Waals surface area contributed by atoms with E-state index in [4.69, 9.17) is 4.74 Å². The van der Waals surface area contributed by atoms with Crippen LogP contribution in [0.15, 0.2) is 59.6 Å². The summed E-state index contributed by atoms with van der Waals surface area (Å²) in [6.45, 7) is 7.24. The van der Waals surface area contributed by atoms with Crippen molar-refractivity contribution in [1.29, 1.82) is 0 Å². The maximum absolute atomic E-state index is 13.1. The van der Waals surface area contributed by atoms with Crippen LogP contribution in [0.3, 0.4) is 0 Å². The van der Waals surface area contributed by atoms with Gasteiger partial charge in [-0.15, -0.1) is 0 Å². The molecule has 0 saturated heterocycles. The van der Waals surface area contributed by atoms with Crippen LogP contribution in [0.4, 0.5) is 10.5 Å². The second-order valence-corrected chi connectivity index (χ2v) is 9.53. The number of hydrazine groups is 1. The first kappa shape index (κ1) is 20.9. The topological polar surface area (TPSA) is 80.6 Å². The number of benzene rings is 2. The molecule has 0 saturated carbocycles. The van der Waals surface area contributed by atoms with Gasteiger partial charge in [-0.25, -0.2) is 27.6 Å². The highest BCUT2D eigenvalue weighted by molar-refractivity contribution is 7.90. The van der Waals surface area contributed by atoms with Crippen LogP contribution in [0.5, 0.6) is 0 Å². The van der Waals surface area contributed by atoms with E-state index in [1.165, 1.54) is 15.2 Å². The molecule has 154 valence electrons. The number of hydrogen-bond acceptors (Lipinski definition) is 5. The number of nitrogens with one attached hydrogen (secondary N) is 1. The van der Waals surface area contributed by atoms with Crippen LogP contribution >= 0.6 is 0 Å². The highest BCUT2D eigenvalue weighted by Gasteiger charge is 2.24. The van der Waals surface area contributed by atoms with Gasteiger partial charge >= 0.3 is 6.09 Å². The second kappa shape index (κ2) is 7.53. The number of hydrogen-bond donors (Lipinski definition) is 1. The van der Waals surface area contributed by atoms with Gasteiger partial charge in [-0.2, -0.15) is 0 Å². The zero-order chi connectivity index (χ0) is 21.4. The van der Waals surface area contributed by atoms with Gasteiger partial charge in [0.15, 0.2) is 0 Å². The molecule has 0 fully saturated rings. The molecule has 0 radical (unpaired) electrons. The van der Waals surface area contributed by atoms with E-state index in [2.05, 4.69) is 5.43 Å². The maximum atomic E-state index is 13.1. The molecule has 0 atom stereocenters. The third-order valence-corrected chi connectivity index (χ3v) is 5.98. The minimum atomic E-state index is -3.78. The van der Waals surface area contributed by atoms with E-state index in [0.29, 0.717) is 11.2 Å². The minimum absolute atomic E-state index is 0.198. The molecule has 3 aromatic rings. The number of anilines is 1. The van der Waals surface area contributed by atoms with E-state index in [0.717, 1.165) is 10.9 Å². The van der Waals surface area contributed by atoms with Crippen molar-refractivity contribution >= 4 is 32.7 Å². The maximum Gasteiger partial charge on any atom is 0.429 e. The Morgan fingerprint density at radius 2 is 1.72 bits per heavy atom. The third-order valence-electron chi connectivity index (χ3n) is 4.28. The summed E-state index contributed by atoms with van der Waals surface area (Å²) in [7, 11) is -2.18. The van der Waals surface area contributed by atoms with Crippen LogP contribution in [-0.4, -0.2) is 31.1 Å². The van der Waals surface area contributed by atoms with Gasteiger partial charge in [-0.1, -0.05) is 23.8 Å². The normalized spacial score (nSPS) is 12.2. The largest absolute Gasteiger partial charge is 0.442 e. The molecule has 0 aliphatic heterocycles.